The Kier molecular flexibility index (Phi) is 6.15. The second-order valence-electron chi connectivity index (χ2n) is 8.23. The van der Waals surface area contributed by atoms with Crippen molar-refractivity contribution < 1.29 is 19.2 Å². The normalized spacial score (nSPS) is 22.2. The fourth-order valence-corrected chi connectivity index (χ4v) is 5.30. The maximum absolute atomic E-state index is 13.6. The minimum absolute atomic E-state index is 0.238. The van der Waals surface area contributed by atoms with Crippen molar-refractivity contribution in [2.75, 3.05) is 16.6 Å². The van der Waals surface area contributed by atoms with E-state index >= 15 is 0 Å². The number of fused-ring (bicyclic) bond motifs is 1. The summed E-state index contributed by atoms with van der Waals surface area (Å²) < 4.78 is 5.76. The van der Waals surface area contributed by atoms with E-state index in [1.807, 2.05) is 60.0 Å². The first kappa shape index (κ1) is 21.7. The largest absolute Gasteiger partial charge is 0.494 e. The highest BCUT2D eigenvalue weighted by molar-refractivity contribution is 7.10. The van der Waals surface area contributed by atoms with Gasteiger partial charge in [-0.05, 0) is 54.3 Å². The minimum atomic E-state index is -0.852. The Balaban J connectivity index is 1.39. The summed E-state index contributed by atoms with van der Waals surface area (Å²) in [6.07, 6.45) is 2.42. The number of carbonyl (C=O) groups excluding carboxylic acids is 2. The highest BCUT2D eigenvalue weighted by atomic mass is 32.1. The number of thiophene rings is 1. The van der Waals surface area contributed by atoms with Crippen molar-refractivity contribution in [3.05, 3.63) is 77.0 Å². The number of para-hydroxylation sites is 1. The summed E-state index contributed by atoms with van der Waals surface area (Å²) in [5.74, 6) is -0.446. The third-order valence-electron chi connectivity index (χ3n) is 6.07. The average molecular weight is 463 g/mol. The van der Waals surface area contributed by atoms with Crippen LogP contribution in [0.2, 0.25) is 0 Å². The van der Waals surface area contributed by atoms with Gasteiger partial charge in [0.15, 0.2) is 6.10 Å². The van der Waals surface area contributed by atoms with Crippen molar-refractivity contribution in [1.29, 1.82) is 0 Å². The number of benzene rings is 2. The fraction of sp³-hybridized carbons (Fsp3) is 0.308. The van der Waals surface area contributed by atoms with Crippen molar-refractivity contribution in [3.63, 3.8) is 0 Å². The Morgan fingerprint density at radius 2 is 1.70 bits per heavy atom. The average Bonchev–Trinajstić information content (AvgIpc) is 3.55. The van der Waals surface area contributed by atoms with E-state index in [2.05, 4.69) is 6.92 Å². The molecule has 2 fully saturated rings. The van der Waals surface area contributed by atoms with Gasteiger partial charge in [-0.15, -0.1) is 11.3 Å². The molecule has 0 N–H and O–H groups in total. The lowest BCUT2D eigenvalue weighted by molar-refractivity contribution is -0.126. The van der Waals surface area contributed by atoms with Crippen molar-refractivity contribution in [2.45, 2.75) is 38.3 Å². The number of unbranched alkanes of at least 4 members (excludes halogenated alkanes) is 2. The van der Waals surface area contributed by atoms with Gasteiger partial charge < -0.3 is 4.74 Å². The molecule has 0 bridgehead atoms. The number of hydroxylamine groups is 1. The molecule has 33 heavy (non-hydrogen) atoms. The van der Waals surface area contributed by atoms with E-state index in [9.17, 15) is 9.59 Å². The van der Waals surface area contributed by atoms with Gasteiger partial charge in [-0.2, -0.15) is 0 Å². The fourth-order valence-electron chi connectivity index (χ4n) is 4.45. The van der Waals surface area contributed by atoms with E-state index in [0.717, 1.165) is 35.6 Å². The lowest BCUT2D eigenvalue weighted by atomic mass is 9.95. The molecule has 1 aromatic heterocycles. The van der Waals surface area contributed by atoms with Crippen LogP contribution < -0.4 is 14.7 Å². The first-order valence-corrected chi connectivity index (χ1v) is 12.2. The Morgan fingerprint density at radius 3 is 2.39 bits per heavy atom. The molecule has 3 atom stereocenters. The van der Waals surface area contributed by atoms with Crippen molar-refractivity contribution in [1.82, 2.24) is 0 Å². The summed E-state index contributed by atoms with van der Waals surface area (Å²) in [5.41, 5.74) is 1.36. The Morgan fingerprint density at radius 1 is 0.909 bits per heavy atom. The van der Waals surface area contributed by atoms with Crippen LogP contribution in [0.25, 0.3) is 0 Å². The van der Waals surface area contributed by atoms with Crippen LogP contribution >= 0.6 is 11.3 Å². The molecule has 0 aliphatic carbocycles. The van der Waals surface area contributed by atoms with E-state index < -0.39 is 12.0 Å². The molecule has 3 heterocycles. The molecule has 0 radical (unpaired) electrons. The molecule has 2 aromatic carbocycles. The number of ether oxygens (including phenoxy) is 1. The van der Waals surface area contributed by atoms with Crippen LogP contribution in [0, 0.1) is 5.92 Å². The summed E-state index contributed by atoms with van der Waals surface area (Å²) in [4.78, 5) is 35.3. The van der Waals surface area contributed by atoms with E-state index in [1.54, 1.807) is 28.5 Å². The van der Waals surface area contributed by atoms with Gasteiger partial charge >= 0.3 is 0 Å². The summed E-state index contributed by atoms with van der Waals surface area (Å²) in [6.45, 7) is 2.81. The van der Waals surface area contributed by atoms with Gasteiger partial charge in [0.25, 0.3) is 5.91 Å². The molecule has 5 rings (SSSR count). The van der Waals surface area contributed by atoms with Crippen molar-refractivity contribution in [2.24, 2.45) is 5.92 Å². The molecule has 2 saturated heterocycles. The number of anilines is 2. The molecule has 2 aliphatic rings. The van der Waals surface area contributed by atoms with Gasteiger partial charge in [0.2, 0.25) is 5.91 Å². The van der Waals surface area contributed by atoms with Gasteiger partial charge in [0.1, 0.15) is 17.7 Å². The molecule has 7 heteroatoms. The molecule has 2 amide bonds. The van der Waals surface area contributed by atoms with E-state index in [-0.39, 0.29) is 17.9 Å². The third kappa shape index (κ3) is 4.03. The monoisotopic (exact) mass is 462 g/mol. The SMILES string of the molecule is CCCCCOc1ccc(N2C(=O)[C@@H]3[C@@H](c4cccs4)N(c4ccccc4)O[C@H]3C2=O)cc1. The zero-order valence-electron chi connectivity index (χ0n) is 18.4. The number of imide groups is 1. The molecule has 0 unspecified atom stereocenters. The van der Waals surface area contributed by atoms with Crippen LogP contribution in [0.15, 0.2) is 72.1 Å². The maximum atomic E-state index is 13.6. The smallest absolute Gasteiger partial charge is 0.266 e. The van der Waals surface area contributed by atoms with E-state index in [1.165, 1.54) is 4.90 Å². The molecule has 0 spiro atoms. The number of hydrogen-bond donors (Lipinski definition) is 0. The number of nitrogens with zero attached hydrogens (tertiary/aromatic N) is 2. The Hall–Kier alpha value is -3.16. The Bertz CT molecular complexity index is 1100. The van der Waals surface area contributed by atoms with Crippen LogP contribution in [0.4, 0.5) is 11.4 Å². The van der Waals surface area contributed by atoms with Crippen LogP contribution in [0.5, 0.6) is 5.75 Å². The topological polar surface area (TPSA) is 59.1 Å². The van der Waals surface area contributed by atoms with Crippen molar-refractivity contribution in [3.8, 4) is 5.75 Å². The molecule has 2 aliphatic heterocycles. The molecule has 170 valence electrons. The molecule has 6 nitrogen and oxygen atoms in total. The van der Waals surface area contributed by atoms with Gasteiger partial charge in [-0.1, -0.05) is 44.0 Å². The van der Waals surface area contributed by atoms with Crippen molar-refractivity contribution >= 4 is 34.5 Å². The predicted octanol–water partition coefficient (Wildman–Crippen LogP) is 5.37. The van der Waals surface area contributed by atoms with Gasteiger partial charge in [0.05, 0.1) is 18.0 Å². The van der Waals surface area contributed by atoms with Crippen LogP contribution in [0.1, 0.15) is 37.1 Å². The number of hydrogen-bond acceptors (Lipinski definition) is 6. The van der Waals surface area contributed by atoms with Crippen LogP contribution in [0.3, 0.4) is 0 Å². The van der Waals surface area contributed by atoms with Gasteiger partial charge in [0, 0.05) is 4.88 Å². The summed E-state index contributed by atoms with van der Waals surface area (Å²) >= 11 is 1.56. The molecular weight excluding hydrogens is 436 g/mol. The lowest BCUT2D eigenvalue weighted by Gasteiger charge is -2.27. The van der Waals surface area contributed by atoms with Gasteiger partial charge in [-0.25, -0.2) is 9.96 Å². The quantitative estimate of drug-likeness (QED) is 0.333. The zero-order valence-corrected chi connectivity index (χ0v) is 19.2. The minimum Gasteiger partial charge on any atom is -0.494 e. The number of carbonyl (C=O) groups is 2. The lowest BCUT2D eigenvalue weighted by Crippen LogP contribution is -2.37. The Labute approximate surface area is 197 Å². The van der Waals surface area contributed by atoms with E-state index in [0.29, 0.717) is 12.3 Å². The molecular formula is C26H26N2O4S. The zero-order chi connectivity index (χ0) is 22.8. The predicted molar refractivity (Wildman–Crippen MR) is 128 cm³/mol. The van der Waals surface area contributed by atoms with Gasteiger partial charge in [-0.3, -0.25) is 14.4 Å². The second kappa shape index (κ2) is 9.37. The second-order valence-corrected chi connectivity index (χ2v) is 9.21. The van der Waals surface area contributed by atoms with Crippen LogP contribution in [-0.2, 0) is 14.4 Å². The summed E-state index contributed by atoms with van der Waals surface area (Å²) in [6, 6.07) is 20.3. The maximum Gasteiger partial charge on any atom is 0.266 e. The number of rotatable bonds is 8. The summed E-state index contributed by atoms with van der Waals surface area (Å²) in [5, 5.41) is 3.70. The highest BCUT2D eigenvalue weighted by Gasteiger charge is 2.60. The van der Waals surface area contributed by atoms with E-state index in [4.69, 9.17) is 9.57 Å². The molecule has 0 saturated carbocycles. The van der Waals surface area contributed by atoms with Crippen LogP contribution in [-0.4, -0.2) is 24.5 Å². The molecule has 3 aromatic rings. The first-order valence-electron chi connectivity index (χ1n) is 11.3. The third-order valence-corrected chi connectivity index (χ3v) is 7.02. The highest BCUT2D eigenvalue weighted by Crippen LogP contribution is 2.48. The standard InChI is InChI=1S/C26H26N2O4S/c1-2-3-7-16-31-20-14-12-18(13-15-20)27-25(29)22-23(21-11-8-17-33-21)28(32-24(22)26(27)30)19-9-5-4-6-10-19/h4-6,8-15,17,22-24H,2-3,7,16H2,1H3/t22-,23-,24-/m1/s1. The first-order chi connectivity index (χ1) is 16.2. The summed E-state index contributed by atoms with van der Waals surface area (Å²) in [7, 11) is 0. The number of amides is 2.